The molecular formula is C38H39BrO8S. The van der Waals surface area contributed by atoms with Crippen LogP contribution >= 0.6 is 28.1 Å². The molecule has 8 nitrogen and oxygen atoms in total. The molecule has 1 aromatic heterocycles. The van der Waals surface area contributed by atoms with Crippen molar-refractivity contribution in [1.29, 1.82) is 0 Å². The maximum atomic E-state index is 13.7. The summed E-state index contributed by atoms with van der Waals surface area (Å²) in [5, 5.41) is 32.3. The van der Waals surface area contributed by atoms with Gasteiger partial charge in [-0.05, 0) is 74.9 Å². The van der Waals surface area contributed by atoms with Crippen molar-refractivity contribution in [2.45, 2.75) is 70.8 Å². The minimum absolute atomic E-state index is 0.000365. The van der Waals surface area contributed by atoms with Gasteiger partial charge in [0.1, 0.15) is 16.9 Å². The third kappa shape index (κ3) is 9.06. The number of ether oxygens (including phenoxy) is 1. The zero-order valence-corrected chi connectivity index (χ0v) is 29.3. The summed E-state index contributed by atoms with van der Waals surface area (Å²) in [5.74, 6) is -2.55. The Morgan fingerprint density at radius 3 is 2.65 bits per heavy atom. The van der Waals surface area contributed by atoms with E-state index >= 15 is 0 Å². The topological polar surface area (TPSA) is 134 Å². The molecule has 4 rings (SSSR count). The van der Waals surface area contributed by atoms with Crippen LogP contribution in [0.1, 0.15) is 102 Å². The number of phenolic OH excluding ortho intramolecular Hbond substituents is 1. The fraction of sp³-hybridized carbons (Fsp3) is 0.316. The quantitative estimate of drug-likeness (QED) is 0.0624. The van der Waals surface area contributed by atoms with Gasteiger partial charge in [0.2, 0.25) is 5.76 Å². The SMILES string of the molecule is CCCc1c(OCCCCC/C=C\C=C\[C@@H](c2c(C(=O)O)oc3c(c2=O)=CCC(=S)C=3)[C@@H](O)c2cccc(Br)c2)ccc(C(C)=O)c1O. The maximum Gasteiger partial charge on any atom is 0.372 e. The number of thiocarbonyl (C=S) groups is 1. The minimum Gasteiger partial charge on any atom is -0.507 e. The van der Waals surface area contributed by atoms with Crippen LogP contribution in [0.15, 0.2) is 74.4 Å². The Bertz CT molecular complexity index is 1920. The number of aliphatic hydroxyl groups is 1. The molecule has 252 valence electrons. The molecule has 3 N–H and O–H groups in total. The molecule has 0 aliphatic heterocycles. The molecule has 0 radical (unpaired) electrons. The Labute approximate surface area is 292 Å². The van der Waals surface area contributed by atoms with Gasteiger partial charge in [0.15, 0.2) is 11.2 Å². The van der Waals surface area contributed by atoms with Gasteiger partial charge in [0.25, 0.3) is 0 Å². The number of aromatic carboxylic acids is 1. The number of carboxylic acids is 1. The number of allylic oxidation sites excluding steroid dienone is 3. The van der Waals surface area contributed by atoms with Crippen LogP contribution < -0.4 is 20.8 Å². The van der Waals surface area contributed by atoms with E-state index in [0.717, 1.165) is 36.6 Å². The smallest absolute Gasteiger partial charge is 0.372 e. The molecule has 0 fully saturated rings. The van der Waals surface area contributed by atoms with Crippen LogP contribution in [-0.4, -0.2) is 38.5 Å². The van der Waals surface area contributed by atoms with E-state index in [2.05, 4.69) is 15.9 Å². The first-order valence-electron chi connectivity index (χ1n) is 15.9. The molecule has 48 heavy (non-hydrogen) atoms. The lowest BCUT2D eigenvalue weighted by molar-refractivity contribution is 0.0650. The van der Waals surface area contributed by atoms with Crippen LogP contribution in [0, 0.1) is 0 Å². The van der Waals surface area contributed by atoms with Gasteiger partial charge in [0, 0.05) is 27.2 Å². The summed E-state index contributed by atoms with van der Waals surface area (Å²) in [6, 6.07) is 10.3. The fourth-order valence-electron chi connectivity index (χ4n) is 5.62. The van der Waals surface area contributed by atoms with E-state index in [1.807, 2.05) is 19.1 Å². The number of ketones is 1. The van der Waals surface area contributed by atoms with Gasteiger partial charge >= 0.3 is 5.97 Å². The number of aliphatic hydroxyl groups excluding tert-OH is 1. The molecule has 1 aliphatic carbocycles. The van der Waals surface area contributed by atoms with E-state index in [0.29, 0.717) is 46.8 Å². The zero-order chi connectivity index (χ0) is 34.8. The molecule has 1 aliphatic rings. The van der Waals surface area contributed by atoms with E-state index < -0.39 is 29.2 Å². The second kappa shape index (κ2) is 17.3. The predicted molar refractivity (Wildman–Crippen MR) is 194 cm³/mol. The first kappa shape index (κ1) is 36.7. The number of hydrogen-bond acceptors (Lipinski definition) is 8. The lowest BCUT2D eigenvalue weighted by Crippen LogP contribution is -2.45. The number of aromatic hydroxyl groups is 1. The van der Waals surface area contributed by atoms with Crippen LogP contribution in [0.3, 0.4) is 0 Å². The number of benzene rings is 2. The number of Topliss-reactive ketones (excluding diaryl/α,β-unsaturated/α-hetero) is 1. The van der Waals surface area contributed by atoms with E-state index in [4.69, 9.17) is 21.4 Å². The average molecular weight is 736 g/mol. The number of halogens is 1. The maximum absolute atomic E-state index is 13.7. The lowest BCUT2D eigenvalue weighted by Gasteiger charge is -2.21. The molecule has 0 unspecified atom stereocenters. The summed E-state index contributed by atoms with van der Waals surface area (Å²) in [5.41, 5.74) is 0.912. The lowest BCUT2D eigenvalue weighted by atomic mass is 9.87. The van der Waals surface area contributed by atoms with Crippen molar-refractivity contribution in [1.82, 2.24) is 0 Å². The van der Waals surface area contributed by atoms with Crippen molar-refractivity contribution in [3.63, 3.8) is 0 Å². The molecule has 10 heteroatoms. The molecular weight excluding hydrogens is 696 g/mol. The molecule has 0 saturated heterocycles. The summed E-state index contributed by atoms with van der Waals surface area (Å²) in [7, 11) is 0. The summed E-state index contributed by atoms with van der Waals surface area (Å²) in [4.78, 5) is 38.4. The Morgan fingerprint density at radius 1 is 1.15 bits per heavy atom. The van der Waals surface area contributed by atoms with E-state index in [1.165, 1.54) is 13.0 Å². The highest BCUT2D eigenvalue weighted by Crippen LogP contribution is 2.34. The molecule has 0 bridgehead atoms. The van der Waals surface area contributed by atoms with E-state index in [-0.39, 0.29) is 27.7 Å². The molecule has 2 atom stereocenters. The molecule has 0 spiro atoms. The van der Waals surface area contributed by atoms with Crippen molar-refractivity contribution in [3.8, 4) is 11.5 Å². The van der Waals surface area contributed by atoms with Crippen molar-refractivity contribution in [2.24, 2.45) is 0 Å². The number of rotatable bonds is 16. The molecule has 0 amide bonds. The van der Waals surface area contributed by atoms with Crippen LogP contribution in [0.2, 0.25) is 0 Å². The number of carbonyl (C=O) groups excluding carboxylic acids is 1. The van der Waals surface area contributed by atoms with Crippen molar-refractivity contribution < 1.29 is 34.1 Å². The largest absolute Gasteiger partial charge is 0.507 e. The number of carboxylic acid groups (broad SMARTS) is 1. The van der Waals surface area contributed by atoms with Crippen LogP contribution in [0.5, 0.6) is 11.5 Å². The summed E-state index contributed by atoms with van der Waals surface area (Å²) in [6.45, 7) is 3.91. The van der Waals surface area contributed by atoms with Crippen molar-refractivity contribution in [2.75, 3.05) is 6.61 Å². The Balaban J connectivity index is 1.44. The average Bonchev–Trinajstić information content (AvgIpc) is 3.04. The van der Waals surface area contributed by atoms with Gasteiger partial charge in [-0.15, -0.1) is 0 Å². The minimum atomic E-state index is -1.42. The summed E-state index contributed by atoms with van der Waals surface area (Å²) < 4.78 is 12.4. The van der Waals surface area contributed by atoms with Gasteiger partial charge in [-0.1, -0.05) is 84.0 Å². The van der Waals surface area contributed by atoms with Gasteiger partial charge in [-0.2, -0.15) is 0 Å². The van der Waals surface area contributed by atoms with Crippen molar-refractivity contribution in [3.05, 3.63) is 114 Å². The number of phenols is 1. The highest BCUT2D eigenvalue weighted by atomic mass is 79.9. The summed E-state index contributed by atoms with van der Waals surface area (Å²) >= 11 is 8.64. The van der Waals surface area contributed by atoms with Gasteiger partial charge < -0.3 is 24.5 Å². The normalized spacial score (nSPS) is 14.0. The standard InChI is InChI=1S/C38H39BrO8S/c1-3-12-28-31(19-18-27(23(2)40)35(28)42)46-20-10-8-6-4-5-7-9-15-30(34(41)24-13-11-14-25(39)21-24)33-36(43)29-17-16-26(48)22-32(29)47-37(33)38(44)45/h5,7,9,11,13-15,17-19,21-22,30,34,41-42H,3-4,6,8,10,12,16,20H2,1-2H3,(H,44,45)/b7-5-,15-9+/t30-,34-/m0/s1. The number of fused-ring (bicyclic) bond motifs is 1. The highest BCUT2D eigenvalue weighted by molar-refractivity contribution is 9.10. The van der Waals surface area contributed by atoms with E-state index in [9.17, 15) is 29.7 Å². The number of hydrogen-bond donors (Lipinski definition) is 3. The van der Waals surface area contributed by atoms with Crippen LogP contribution in [0.4, 0.5) is 0 Å². The second-order valence-electron chi connectivity index (χ2n) is 11.6. The first-order valence-corrected chi connectivity index (χ1v) is 17.1. The van der Waals surface area contributed by atoms with E-state index in [1.54, 1.807) is 54.6 Å². The number of carbonyl (C=O) groups is 2. The van der Waals surface area contributed by atoms with Crippen LogP contribution in [0.25, 0.3) is 12.2 Å². The van der Waals surface area contributed by atoms with Crippen LogP contribution in [-0.2, 0) is 6.42 Å². The Morgan fingerprint density at radius 2 is 1.94 bits per heavy atom. The third-order valence-corrected chi connectivity index (χ3v) is 8.80. The first-order chi connectivity index (χ1) is 23.0. The predicted octanol–water partition coefficient (Wildman–Crippen LogP) is 6.86. The number of unbranched alkanes of at least 4 members (excludes halogenated alkanes) is 3. The Kier molecular flexibility index (Phi) is 13.3. The van der Waals surface area contributed by atoms with Gasteiger partial charge in [0.05, 0.1) is 29.1 Å². The monoisotopic (exact) mass is 734 g/mol. The fourth-order valence-corrected chi connectivity index (χ4v) is 6.22. The Hall–Kier alpha value is -4.12. The molecule has 1 heterocycles. The second-order valence-corrected chi connectivity index (χ2v) is 13.0. The zero-order valence-electron chi connectivity index (χ0n) is 26.9. The third-order valence-electron chi connectivity index (χ3n) is 8.03. The van der Waals surface area contributed by atoms with Gasteiger partial charge in [-0.3, -0.25) is 9.59 Å². The molecule has 3 aromatic rings. The van der Waals surface area contributed by atoms with Gasteiger partial charge in [-0.25, -0.2) is 4.79 Å². The molecule has 2 aromatic carbocycles. The molecule has 0 saturated carbocycles. The summed E-state index contributed by atoms with van der Waals surface area (Å²) in [6.07, 6.45) is 14.1. The highest BCUT2D eigenvalue weighted by Gasteiger charge is 2.31. The van der Waals surface area contributed by atoms with Crippen molar-refractivity contribution >= 4 is 56.9 Å².